The van der Waals surface area contributed by atoms with Crippen molar-refractivity contribution < 1.29 is 13.7 Å². The molecule has 1 N–H and O–H groups in total. The summed E-state index contributed by atoms with van der Waals surface area (Å²) in [7, 11) is 0. The molecule has 2 aromatic rings. The maximum atomic E-state index is 13.5. The summed E-state index contributed by atoms with van der Waals surface area (Å²) in [6.45, 7) is 0.353. The molecule has 0 unspecified atom stereocenters. The number of non-ortho nitro benzene ring substituents is 1. The van der Waals surface area contributed by atoms with Gasteiger partial charge in [0.25, 0.3) is 5.69 Å². The average Bonchev–Trinajstić information content (AvgIpc) is 2.85. The molecule has 19 heavy (non-hydrogen) atoms. The van der Waals surface area contributed by atoms with Gasteiger partial charge >= 0.3 is 0 Å². The van der Waals surface area contributed by atoms with Gasteiger partial charge in [-0.15, -0.1) is 11.3 Å². The van der Waals surface area contributed by atoms with E-state index in [0.29, 0.717) is 25.1 Å². The van der Waals surface area contributed by atoms with Crippen molar-refractivity contribution in [3.63, 3.8) is 0 Å². The Morgan fingerprint density at radius 1 is 1.32 bits per heavy atom. The number of hydrogen-bond donors (Lipinski definition) is 1. The van der Waals surface area contributed by atoms with Gasteiger partial charge in [0.05, 0.1) is 17.1 Å². The molecule has 1 heterocycles. The first-order chi connectivity index (χ1) is 9.08. The van der Waals surface area contributed by atoms with Crippen molar-refractivity contribution in [2.24, 2.45) is 0 Å². The minimum absolute atomic E-state index is 0.331. The van der Waals surface area contributed by atoms with Crippen molar-refractivity contribution >= 4 is 22.7 Å². The van der Waals surface area contributed by atoms with E-state index in [0.717, 1.165) is 4.88 Å². The number of anilines is 1. The Morgan fingerprint density at radius 2 is 2.00 bits per heavy atom. The zero-order valence-corrected chi connectivity index (χ0v) is 10.5. The topological polar surface area (TPSA) is 55.2 Å². The van der Waals surface area contributed by atoms with Gasteiger partial charge in [-0.2, -0.15) is 0 Å². The monoisotopic (exact) mass is 284 g/mol. The summed E-state index contributed by atoms with van der Waals surface area (Å²) in [6.07, 6.45) is 0.632. The molecule has 0 radical (unpaired) electrons. The van der Waals surface area contributed by atoms with Gasteiger partial charge < -0.3 is 5.32 Å². The quantitative estimate of drug-likeness (QED) is 0.674. The van der Waals surface area contributed by atoms with E-state index in [9.17, 15) is 18.9 Å². The van der Waals surface area contributed by atoms with Gasteiger partial charge in [0, 0.05) is 11.4 Å². The molecule has 0 amide bonds. The number of nitro benzene ring substituents is 1. The molecule has 1 aromatic carbocycles. The molecule has 2 rings (SSSR count). The van der Waals surface area contributed by atoms with Crippen molar-refractivity contribution in [2.45, 2.75) is 6.42 Å². The molecule has 0 saturated carbocycles. The molecule has 0 saturated heterocycles. The summed E-state index contributed by atoms with van der Waals surface area (Å²) >= 11 is 1.56. The van der Waals surface area contributed by atoms with Crippen molar-refractivity contribution in [3.8, 4) is 0 Å². The highest BCUT2D eigenvalue weighted by Crippen LogP contribution is 2.24. The van der Waals surface area contributed by atoms with Crippen molar-refractivity contribution in [2.75, 3.05) is 11.9 Å². The lowest BCUT2D eigenvalue weighted by atomic mass is 10.2. The van der Waals surface area contributed by atoms with Crippen LogP contribution in [-0.2, 0) is 6.42 Å². The number of nitrogens with one attached hydrogen (secondary N) is 1. The van der Waals surface area contributed by atoms with Crippen LogP contribution < -0.4 is 5.32 Å². The van der Waals surface area contributed by atoms with Gasteiger partial charge in [0.15, 0.2) is 11.6 Å². The third-order valence-electron chi connectivity index (χ3n) is 2.49. The molecule has 0 spiro atoms. The van der Waals surface area contributed by atoms with Gasteiger partial charge in [-0.05, 0) is 17.9 Å². The van der Waals surface area contributed by atoms with Crippen molar-refractivity contribution in [1.82, 2.24) is 0 Å². The van der Waals surface area contributed by atoms with E-state index in [4.69, 9.17) is 0 Å². The maximum absolute atomic E-state index is 13.5. The molecule has 4 nitrogen and oxygen atoms in total. The van der Waals surface area contributed by atoms with E-state index in [1.807, 2.05) is 17.5 Å². The first kappa shape index (κ1) is 13.4. The second-order valence-corrected chi connectivity index (χ2v) is 4.83. The fourth-order valence-electron chi connectivity index (χ4n) is 1.60. The molecular weight excluding hydrogens is 274 g/mol. The van der Waals surface area contributed by atoms with Gasteiger partial charge in [-0.25, -0.2) is 8.78 Å². The zero-order chi connectivity index (χ0) is 13.8. The van der Waals surface area contributed by atoms with Crippen molar-refractivity contribution in [1.29, 1.82) is 0 Å². The minimum atomic E-state index is -0.960. The molecule has 7 heteroatoms. The highest BCUT2D eigenvalue weighted by Gasteiger charge is 2.16. The van der Waals surface area contributed by atoms with E-state index in [1.165, 1.54) is 0 Å². The maximum Gasteiger partial charge on any atom is 0.275 e. The van der Waals surface area contributed by atoms with E-state index in [2.05, 4.69) is 5.32 Å². The smallest absolute Gasteiger partial charge is 0.275 e. The first-order valence-corrected chi connectivity index (χ1v) is 6.35. The second kappa shape index (κ2) is 5.75. The number of rotatable bonds is 5. The van der Waals surface area contributed by atoms with Crippen LogP contribution in [0.5, 0.6) is 0 Å². The predicted octanol–water partition coefficient (Wildman–Crippen LogP) is 3.59. The Morgan fingerprint density at radius 3 is 2.53 bits per heavy atom. The van der Waals surface area contributed by atoms with Gasteiger partial charge in [-0.3, -0.25) is 10.1 Å². The molecule has 100 valence electrons. The van der Waals surface area contributed by atoms with E-state index in [-0.39, 0.29) is 5.69 Å². The molecule has 0 aliphatic heterocycles. The predicted molar refractivity (Wildman–Crippen MR) is 69.5 cm³/mol. The zero-order valence-electron chi connectivity index (χ0n) is 9.73. The Bertz CT molecular complexity index is 564. The molecule has 1 aromatic heterocycles. The van der Waals surface area contributed by atoms with Crippen LogP contribution in [0.4, 0.5) is 20.2 Å². The fraction of sp³-hybridized carbons (Fsp3) is 0.167. The van der Waals surface area contributed by atoms with Crippen LogP contribution >= 0.6 is 11.3 Å². The highest BCUT2D eigenvalue weighted by molar-refractivity contribution is 7.09. The lowest BCUT2D eigenvalue weighted by molar-refractivity contribution is -0.385. The van der Waals surface area contributed by atoms with E-state index >= 15 is 0 Å². The van der Waals surface area contributed by atoms with Gasteiger partial charge in [0.2, 0.25) is 0 Å². The second-order valence-electron chi connectivity index (χ2n) is 3.80. The van der Waals surface area contributed by atoms with Crippen LogP contribution in [0, 0.1) is 21.7 Å². The SMILES string of the molecule is O=[N+]([O-])c1cc(F)c(NCCc2cccs2)c(F)c1. The van der Waals surface area contributed by atoms with E-state index < -0.39 is 22.2 Å². The Hall–Kier alpha value is -2.02. The molecule has 0 aliphatic rings. The van der Waals surface area contributed by atoms with E-state index in [1.54, 1.807) is 11.3 Å². The highest BCUT2D eigenvalue weighted by atomic mass is 32.1. The molecule has 0 atom stereocenters. The van der Waals surface area contributed by atoms with Gasteiger partial charge in [0.1, 0.15) is 5.69 Å². The summed E-state index contributed by atoms with van der Waals surface area (Å²) in [4.78, 5) is 10.7. The van der Waals surface area contributed by atoms with Crippen molar-refractivity contribution in [3.05, 3.63) is 56.3 Å². The Labute approximate surface area is 111 Å². The first-order valence-electron chi connectivity index (χ1n) is 5.47. The molecule has 0 bridgehead atoms. The Kier molecular flexibility index (Phi) is 4.06. The standard InChI is InChI=1S/C12H10F2N2O2S/c13-10-6-8(16(17)18)7-11(14)12(10)15-4-3-9-2-1-5-19-9/h1-2,5-7,15H,3-4H2. The minimum Gasteiger partial charge on any atom is -0.380 e. The number of nitrogens with zero attached hydrogens (tertiary/aromatic N) is 1. The fourth-order valence-corrected chi connectivity index (χ4v) is 2.31. The van der Waals surface area contributed by atoms with Crippen LogP contribution in [0.25, 0.3) is 0 Å². The summed E-state index contributed by atoms with van der Waals surface area (Å²) in [6, 6.07) is 5.23. The number of nitro groups is 1. The normalized spacial score (nSPS) is 10.4. The van der Waals surface area contributed by atoms with Crippen LogP contribution in [0.1, 0.15) is 4.88 Å². The third-order valence-corrected chi connectivity index (χ3v) is 3.43. The third kappa shape index (κ3) is 3.25. The lowest BCUT2D eigenvalue weighted by Gasteiger charge is -2.08. The number of benzene rings is 1. The number of halogens is 2. The lowest BCUT2D eigenvalue weighted by Crippen LogP contribution is -2.08. The molecule has 0 aliphatic carbocycles. The van der Waals surface area contributed by atoms with Crippen LogP contribution in [0.3, 0.4) is 0 Å². The van der Waals surface area contributed by atoms with Crippen LogP contribution in [0.15, 0.2) is 29.6 Å². The summed E-state index contributed by atoms with van der Waals surface area (Å²) in [5, 5.41) is 15.0. The summed E-state index contributed by atoms with van der Waals surface area (Å²) < 4.78 is 27.1. The number of thiophene rings is 1. The number of hydrogen-bond acceptors (Lipinski definition) is 4. The molecule has 0 fully saturated rings. The van der Waals surface area contributed by atoms with Crippen LogP contribution in [0.2, 0.25) is 0 Å². The Balaban J connectivity index is 2.06. The molecular formula is C12H10F2N2O2S. The van der Waals surface area contributed by atoms with Crippen LogP contribution in [-0.4, -0.2) is 11.5 Å². The summed E-state index contributed by atoms with van der Waals surface area (Å²) in [5.74, 6) is -1.92. The van der Waals surface area contributed by atoms with Gasteiger partial charge in [-0.1, -0.05) is 6.07 Å². The summed E-state index contributed by atoms with van der Waals surface area (Å²) in [5.41, 5.74) is -0.930. The average molecular weight is 284 g/mol. The largest absolute Gasteiger partial charge is 0.380 e.